The molecule has 0 aliphatic carbocycles. The smallest absolute Gasteiger partial charge is 0.258 e. The van der Waals surface area contributed by atoms with Crippen molar-refractivity contribution in [3.8, 4) is 5.75 Å². The summed E-state index contributed by atoms with van der Waals surface area (Å²) in [5.41, 5.74) is 1.10. The highest BCUT2D eigenvalue weighted by molar-refractivity contribution is 5.77. The molecule has 26 heavy (non-hydrogen) atoms. The fourth-order valence-electron chi connectivity index (χ4n) is 2.86. The zero-order valence-corrected chi connectivity index (χ0v) is 15.1. The first-order valence-corrected chi connectivity index (χ1v) is 8.98. The minimum Gasteiger partial charge on any atom is -0.484 e. The predicted molar refractivity (Wildman–Crippen MR) is 102 cm³/mol. The minimum absolute atomic E-state index is 0.00999. The van der Waals surface area contributed by atoms with E-state index in [2.05, 4.69) is 25.5 Å². The van der Waals surface area contributed by atoms with E-state index in [9.17, 15) is 4.79 Å². The Bertz CT molecular complexity index is 731. The topological polar surface area (TPSA) is 79.4 Å². The molecule has 1 aromatic carbocycles. The molecule has 1 aliphatic heterocycles. The standard InChI is InChI=1S/C19H25N5O2/c1-15-5-4-6-16(11-15)26-13-19(25)21-8-7-20-17-12-18(23-14-22-17)24-9-2-3-10-24/h4-6,11-12,14H,2-3,7-10,13H2,1H3,(H,21,25)(H,20,22,23). The lowest BCUT2D eigenvalue weighted by molar-refractivity contribution is -0.123. The van der Waals surface area contributed by atoms with Gasteiger partial charge in [0.2, 0.25) is 0 Å². The van der Waals surface area contributed by atoms with Gasteiger partial charge in [-0.1, -0.05) is 12.1 Å². The summed E-state index contributed by atoms with van der Waals surface area (Å²) in [5, 5.41) is 6.04. The predicted octanol–water partition coefficient (Wildman–Crippen LogP) is 1.99. The first-order chi connectivity index (χ1) is 12.7. The van der Waals surface area contributed by atoms with E-state index in [1.807, 2.05) is 37.3 Å². The van der Waals surface area contributed by atoms with Crippen LogP contribution in [0.2, 0.25) is 0 Å². The molecule has 7 heteroatoms. The van der Waals surface area contributed by atoms with Crippen molar-refractivity contribution >= 4 is 17.5 Å². The number of benzene rings is 1. The van der Waals surface area contributed by atoms with Gasteiger partial charge >= 0.3 is 0 Å². The second kappa shape index (κ2) is 9.03. The van der Waals surface area contributed by atoms with E-state index >= 15 is 0 Å². The molecule has 1 saturated heterocycles. The number of hydrogen-bond donors (Lipinski definition) is 2. The third-order valence-electron chi connectivity index (χ3n) is 4.20. The highest BCUT2D eigenvalue weighted by Crippen LogP contribution is 2.19. The number of aryl methyl sites for hydroxylation is 1. The highest BCUT2D eigenvalue weighted by Gasteiger charge is 2.13. The lowest BCUT2D eigenvalue weighted by atomic mass is 10.2. The number of ether oxygens (including phenoxy) is 1. The monoisotopic (exact) mass is 355 g/mol. The fourth-order valence-corrected chi connectivity index (χ4v) is 2.86. The molecule has 2 aromatic rings. The van der Waals surface area contributed by atoms with Crippen molar-refractivity contribution in [1.82, 2.24) is 15.3 Å². The molecule has 2 heterocycles. The molecule has 0 unspecified atom stereocenters. The summed E-state index contributed by atoms with van der Waals surface area (Å²) in [7, 11) is 0. The molecule has 1 aliphatic rings. The quantitative estimate of drug-likeness (QED) is 0.705. The third kappa shape index (κ3) is 5.34. The van der Waals surface area contributed by atoms with E-state index in [-0.39, 0.29) is 12.5 Å². The van der Waals surface area contributed by atoms with Crippen molar-refractivity contribution in [1.29, 1.82) is 0 Å². The van der Waals surface area contributed by atoms with Crippen LogP contribution in [-0.4, -0.2) is 48.7 Å². The van der Waals surface area contributed by atoms with Crippen LogP contribution < -0.4 is 20.3 Å². The largest absolute Gasteiger partial charge is 0.484 e. The van der Waals surface area contributed by atoms with Crippen molar-refractivity contribution < 1.29 is 9.53 Å². The molecule has 3 rings (SSSR count). The maximum absolute atomic E-state index is 11.8. The summed E-state index contributed by atoms with van der Waals surface area (Å²) in [4.78, 5) is 22.7. The fraction of sp³-hybridized carbons (Fsp3) is 0.421. The van der Waals surface area contributed by atoms with Crippen LogP contribution in [0.4, 0.5) is 11.6 Å². The SMILES string of the molecule is Cc1cccc(OCC(=O)NCCNc2cc(N3CCCC3)ncn2)c1. The van der Waals surface area contributed by atoms with Gasteiger partial charge in [-0.15, -0.1) is 0 Å². The van der Waals surface area contributed by atoms with Gasteiger partial charge in [0, 0.05) is 32.2 Å². The van der Waals surface area contributed by atoms with Crippen LogP contribution in [0.5, 0.6) is 5.75 Å². The van der Waals surface area contributed by atoms with E-state index in [0.717, 1.165) is 30.3 Å². The van der Waals surface area contributed by atoms with Crippen molar-refractivity contribution in [2.45, 2.75) is 19.8 Å². The van der Waals surface area contributed by atoms with Gasteiger partial charge in [-0.2, -0.15) is 0 Å². The van der Waals surface area contributed by atoms with Crippen molar-refractivity contribution in [2.75, 3.05) is 43.0 Å². The van der Waals surface area contributed by atoms with Crippen LogP contribution in [-0.2, 0) is 4.79 Å². The molecule has 0 bridgehead atoms. The van der Waals surface area contributed by atoms with Crippen LogP contribution >= 0.6 is 0 Å². The van der Waals surface area contributed by atoms with Gasteiger partial charge in [0.05, 0.1) is 0 Å². The zero-order chi connectivity index (χ0) is 18.2. The van der Waals surface area contributed by atoms with Gasteiger partial charge in [-0.05, 0) is 37.5 Å². The van der Waals surface area contributed by atoms with Gasteiger partial charge in [0.1, 0.15) is 23.7 Å². The number of nitrogens with one attached hydrogen (secondary N) is 2. The number of carbonyl (C=O) groups excluding carboxylic acids is 1. The normalized spacial score (nSPS) is 13.5. The molecule has 0 radical (unpaired) electrons. The minimum atomic E-state index is -0.145. The third-order valence-corrected chi connectivity index (χ3v) is 4.20. The number of aromatic nitrogens is 2. The average molecular weight is 355 g/mol. The van der Waals surface area contributed by atoms with Crippen LogP contribution in [0.3, 0.4) is 0 Å². The Morgan fingerprint density at radius 1 is 1.19 bits per heavy atom. The number of anilines is 2. The van der Waals surface area contributed by atoms with Crippen molar-refractivity contribution in [2.24, 2.45) is 0 Å². The Hall–Kier alpha value is -2.83. The number of carbonyl (C=O) groups is 1. The zero-order valence-electron chi connectivity index (χ0n) is 15.1. The lowest BCUT2D eigenvalue weighted by Gasteiger charge is -2.16. The molecule has 0 atom stereocenters. The van der Waals surface area contributed by atoms with E-state index in [0.29, 0.717) is 18.8 Å². The van der Waals surface area contributed by atoms with E-state index in [1.165, 1.54) is 12.8 Å². The van der Waals surface area contributed by atoms with Crippen LogP contribution in [0.25, 0.3) is 0 Å². The van der Waals surface area contributed by atoms with E-state index < -0.39 is 0 Å². The second-order valence-electron chi connectivity index (χ2n) is 6.34. The Morgan fingerprint density at radius 2 is 2.04 bits per heavy atom. The molecule has 0 saturated carbocycles. The van der Waals surface area contributed by atoms with Crippen LogP contribution in [0.1, 0.15) is 18.4 Å². The average Bonchev–Trinajstić information content (AvgIpc) is 3.19. The number of amides is 1. The van der Waals surface area contributed by atoms with Crippen molar-refractivity contribution in [3.63, 3.8) is 0 Å². The number of nitrogens with zero attached hydrogens (tertiary/aromatic N) is 3. The Balaban J connectivity index is 1.36. The molecular weight excluding hydrogens is 330 g/mol. The summed E-state index contributed by atoms with van der Waals surface area (Å²) in [6, 6.07) is 9.59. The number of hydrogen-bond acceptors (Lipinski definition) is 6. The molecule has 0 spiro atoms. The first-order valence-electron chi connectivity index (χ1n) is 8.98. The molecule has 138 valence electrons. The van der Waals surface area contributed by atoms with Crippen LogP contribution in [0.15, 0.2) is 36.7 Å². The maximum Gasteiger partial charge on any atom is 0.258 e. The Kier molecular flexibility index (Phi) is 6.24. The number of rotatable bonds is 8. The maximum atomic E-state index is 11.8. The molecule has 7 nitrogen and oxygen atoms in total. The second-order valence-corrected chi connectivity index (χ2v) is 6.34. The van der Waals surface area contributed by atoms with Crippen LogP contribution in [0, 0.1) is 6.92 Å². The molecule has 1 amide bonds. The van der Waals surface area contributed by atoms with Gasteiger partial charge in [0.25, 0.3) is 5.91 Å². The lowest BCUT2D eigenvalue weighted by Crippen LogP contribution is -2.32. The van der Waals surface area contributed by atoms with E-state index in [1.54, 1.807) is 6.33 Å². The van der Waals surface area contributed by atoms with Gasteiger partial charge < -0.3 is 20.3 Å². The van der Waals surface area contributed by atoms with Gasteiger partial charge in [0.15, 0.2) is 6.61 Å². The van der Waals surface area contributed by atoms with Gasteiger partial charge in [-0.3, -0.25) is 4.79 Å². The molecule has 1 fully saturated rings. The van der Waals surface area contributed by atoms with E-state index in [4.69, 9.17) is 4.74 Å². The summed E-state index contributed by atoms with van der Waals surface area (Å²) in [5.74, 6) is 2.28. The highest BCUT2D eigenvalue weighted by atomic mass is 16.5. The summed E-state index contributed by atoms with van der Waals surface area (Å²) < 4.78 is 5.48. The van der Waals surface area contributed by atoms with Gasteiger partial charge in [-0.25, -0.2) is 9.97 Å². The first kappa shape index (κ1) is 18.0. The Morgan fingerprint density at radius 3 is 2.85 bits per heavy atom. The Labute approximate surface area is 153 Å². The molecular formula is C19H25N5O2. The molecule has 1 aromatic heterocycles. The van der Waals surface area contributed by atoms with Crippen molar-refractivity contribution in [3.05, 3.63) is 42.2 Å². The summed E-state index contributed by atoms with van der Waals surface area (Å²) in [6.45, 7) is 5.18. The summed E-state index contributed by atoms with van der Waals surface area (Å²) >= 11 is 0. The molecule has 2 N–H and O–H groups in total. The summed E-state index contributed by atoms with van der Waals surface area (Å²) in [6.07, 6.45) is 4.00.